The Labute approximate surface area is 107 Å². The molecule has 4 heteroatoms. The van der Waals surface area contributed by atoms with Gasteiger partial charge >= 0.3 is 0 Å². The molecule has 1 aromatic heterocycles. The van der Waals surface area contributed by atoms with E-state index >= 15 is 0 Å². The Balaban J connectivity index is 2.32. The van der Waals surface area contributed by atoms with E-state index in [9.17, 15) is 0 Å². The molecule has 96 valence electrons. The van der Waals surface area contributed by atoms with Crippen LogP contribution in [0.3, 0.4) is 0 Å². The normalized spacial score (nSPS) is 12.4. The molecule has 0 aliphatic rings. The first-order valence-electron chi connectivity index (χ1n) is 6.24. The van der Waals surface area contributed by atoms with Gasteiger partial charge in [-0.2, -0.15) is 15.4 Å². The number of ether oxygens (including phenoxy) is 1. The quantitative estimate of drug-likeness (QED) is 0.881. The Morgan fingerprint density at radius 3 is 2.83 bits per heavy atom. The van der Waals surface area contributed by atoms with Gasteiger partial charge in [0.1, 0.15) is 5.75 Å². The van der Waals surface area contributed by atoms with E-state index in [1.54, 1.807) is 13.3 Å². The van der Waals surface area contributed by atoms with Gasteiger partial charge in [-0.15, -0.1) is 0 Å². The van der Waals surface area contributed by atoms with E-state index in [-0.39, 0.29) is 0 Å². The summed E-state index contributed by atoms with van der Waals surface area (Å²) in [4.78, 5) is 0. The van der Waals surface area contributed by atoms with E-state index in [1.165, 1.54) is 11.1 Å². The van der Waals surface area contributed by atoms with E-state index in [1.807, 2.05) is 12.1 Å². The fourth-order valence-electron chi connectivity index (χ4n) is 2.38. The van der Waals surface area contributed by atoms with Crippen LogP contribution in [0.5, 0.6) is 5.75 Å². The molecule has 1 heterocycles. The number of hydrogen-bond donors (Lipinski definition) is 1. The molecule has 0 spiro atoms. The summed E-state index contributed by atoms with van der Waals surface area (Å²) in [5, 5.41) is 10.7. The molecule has 2 rings (SSSR count). The Kier molecular flexibility index (Phi) is 3.97. The maximum absolute atomic E-state index is 5.48. The monoisotopic (exact) mass is 245 g/mol. The van der Waals surface area contributed by atoms with Crippen molar-refractivity contribution >= 4 is 0 Å². The van der Waals surface area contributed by atoms with Crippen LogP contribution in [-0.4, -0.2) is 22.5 Å². The molecular formula is C14H19N3O. The van der Waals surface area contributed by atoms with E-state index in [2.05, 4.69) is 35.3 Å². The van der Waals surface area contributed by atoms with Crippen LogP contribution in [0.1, 0.15) is 36.1 Å². The number of rotatable bonds is 5. The van der Waals surface area contributed by atoms with Gasteiger partial charge in [-0.1, -0.05) is 19.1 Å². The molecule has 0 saturated carbocycles. The van der Waals surface area contributed by atoms with Crippen molar-refractivity contribution in [1.29, 1.82) is 0 Å². The Bertz CT molecular complexity index is 494. The van der Waals surface area contributed by atoms with Gasteiger partial charge < -0.3 is 4.74 Å². The third kappa shape index (κ3) is 2.53. The van der Waals surface area contributed by atoms with Gasteiger partial charge in [0, 0.05) is 12.0 Å². The van der Waals surface area contributed by atoms with Crippen molar-refractivity contribution in [1.82, 2.24) is 15.4 Å². The number of aromatic nitrogens is 3. The van der Waals surface area contributed by atoms with Gasteiger partial charge in [-0.3, -0.25) is 0 Å². The lowest BCUT2D eigenvalue weighted by Gasteiger charge is -2.19. The van der Waals surface area contributed by atoms with Gasteiger partial charge in [-0.05, 0) is 30.9 Å². The number of nitrogens with zero attached hydrogens (tertiary/aromatic N) is 2. The molecule has 1 N–H and O–H groups in total. The standard InChI is InChI=1S/C14H19N3O/c1-4-11(8-12-9-15-17-16-12)14-10(2)6-5-7-13(14)18-3/h5-7,9,11H,4,8H2,1-3H3,(H,15,16,17). The highest BCUT2D eigenvalue weighted by molar-refractivity contribution is 5.42. The lowest BCUT2D eigenvalue weighted by Crippen LogP contribution is -2.06. The zero-order valence-corrected chi connectivity index (χ0v) is 11.1. The molecule has 0 bridgehead atoms. The molecule has 1 unspecified atom stereocenters. The largest absolute Gasteiger partial charge is 0.496 e. The van der Waals surface area contributed by atoms with Crippen LogP contribution in [0.2, 0.25) is 0 Å². The maximum atomic E-state index is 5.48. The maximum Gasteiger partial charge on any atom is 0.122 e. The summed E-state index contributed by atoms with van der Waals surface area (Å²) < 4.78 is 5.48. The second-order valence-corrected chi connectivity index (χ2v) is 4.46. The summed E-state index contributed by atoms with van der Waals surface area (Å²) in [5.41, 5.74) is 3.54. The van der Waals surface area contributed by atoms with Gasteiger partial charge in [0.25, 0.3) is 0 Å². The third-order valence-electron chi connectivity index (χ3n) is 3.33. The van der Waals surface area contributed by atoms with Crippen LogP contribution in [-0.2, 0) is 6.42 Å². The average molecular weight is 245 g/mol. The number of benzene rings is 1. The Hall–Kier alpha value is -1.84. The smallest absolute Gasteiger partial charge is 0.122 e. The van der Waals surface area contributed by atoms with Crippen molar-refractivity contribution in [2.24, 2.45) is 0 Å². The number of H-pyrrole nitrogens is 1. The summed E-state index contributed by atoms with van der Waals surface area (Å²) in [5.74, 6) is 1.37. The molecule has 0 fully saturated rings. The molecule has 0 radical (unpaired) electrons. The van der Waals surface area contributed by atoms with Crippen molar-refractivity contribution in [2.45, 2.75) is 32.6 Å². The zero-order chi connectivity index (χ0) is 13.0. The highest BCUT2D eigenvalue weighted by Crippen LogP contribution is 2.33. The van der Waals surface area contributed by atoms with Gasteiger partial charge in [0.15, 0.2) is 0 Å². The van der Waals surface area contributed by atoms with Crippen LogP contribution in [0.25, 0.3) is 0 Å². The van der Waals surface area contributed by atoms with Crippen LogP contribution in [0, 0.1) is 6.92 Å². The lowest BCUT2D eigenvalue weighted by atomic mass is 9.88. The first kappa shape index (κ1) is 12.6. The second kappa shape index (κ2) is 5.67. The fourth-order valence-corrected chi connectivity index (χ4v) is 2.38. The van der Waals surface area contributed by atoms with Crippen LogP contribution in [0.4, 0.5) is 0 Å². The number of aromatic amines is 1. The van der Waals surface area contributed by atoms with Gasteiger partial charge in [0.05, 0.1) is 19.0 Å². The summed E-state index contributed by atoms with van der Waals surface area (Å²) in [7, 11) is 1.72. The number of nitrogens with one attached hydrogen (secondary N) is 1. The molecule has 0 saturated heterocycles. The summed E-state index contributed by atoms with van der Waals surface area (Å²) in [6, 6.07) is 6.18. The van der Waals surface area contributed by atoms with Crippen LogP contribution in [0.15, 0.2) is 24.4 Å². The minimum absolute atomic E-state index is 0.409. The minimum Gasteiger partial charge on any atom is -0.496 e. The third-order valence-corrected chi connectivity index (χ3v) is 3.33. The Morgan fingerprint density at radius 1 is 1.39 bits per heavy atom. The minimum atomic E-state index is 0.409. The lowest BCUT2D eigenvalue weighted by molar-refractivity contribution is 0.403. The molecular weight excluding hydrogens is 226 g/mol. The van der Waals surface area contributed by atoms with Crippen LogP contribution >= 0.6 is 0 Å². The highest BCUT2D eigenvalue weighted by Gasteiger charge is 2.18. The predicted molar refractivity (Wildman–Crippen MR) is 70.8 cm³/mol. The molecule has 0 aliphatic heterocycles. The molecule has 0 aliphatic carbocycles. The summed E-state index contributed by atoms with van der Waals surface area (Å²) in [6.07, 6.45) is 3.72. The SMILES string of the molecule is CCC(Cc1cn[nH]n1)c1c(C)cccc1OC. The van der Waals surface area contributed by atoms with Crippen molar-refractivity contribution in [3.05, 3.63) is 41.2 Å². The highest BCUT2D eigenvalue weighted by atomic mass is 16.5. The molecule has 0 amide bonds. The summed E-state index contributed by atoms with van der Waals surface area (Å²) >= 11 is 0. The van der Waals surface area contributed by atoms with E-state index in [4.69, 9.17) is 4.74 Å². The van der Waals surface area contributed by atoms with Gasteiger partial charge in [0.2, 0.25) is 0 Å². The molecule has 1 atom stereocenters. The first-order valence-corrected chi connectivity index (χ1v) is 6.24. The first-order chi connectivity index (χ1) is 8.76. The van der Waals surface area contributed by atoms with E-state index in [0.717, 1.165) is 24.3 Å². The fraction of sp³-hybridized carbons (Fsp3) is 0.429. The number of methoxy groups -OCH3 is 1. The van der Waals surface area contributed by atoms with E-state index in [0.29, 0.717) is 5.92 Å². The zero-order valence-electron chi connectivity index (χ0n) is 11.1. The molecule has 2 aromatic rings. The summed E-state index contributed by atoms with van der Waals surface area (Å²) in [6.45, 7) is 4.32. The second-order valence-electron chi connectivity index (χ2n) is 4.46. The number of hydrogen-bond acceptors (Lipinski definition) is 3. The van der Waals surface area contributed by atoms with Crippen molar-refractivity contribution in [3.8, 4) is 5.75 Å². The van der Waals surface area contributed by atoms with E-state index < -0.39 is 0 Å². The Morgan fingerprint density at radius 2 is 2.22 bits per heavy atom. The predicted octanol–water partition coefficient (Wildman–Crippen LogP) is 2.86. The van der Waals surface area contributed by atoms with Crippen molar-refractivity contribution < 1.29 is 4.74 Å². The molecule has 4 nitrogen and oxygen atoms in total. The van der Waals surface area contributed by atoms with Gasteiger partial charge in [-0.25, -0.2) is 0 Å². The molecule has 18 heavy (non-hydrogen) atoms. The number of aryl methyl sites for hydroxylation is 1. The molecule has 1 aromatic carbocycles. The topological polar surface area (TPSA) is 50.8 Å². The average Bonchev–Trinajstić information content (AvgIpc) is 2.89. The van der Waals surface area contributed by atoms with Crippen LogP contribution < -0.4 is 4.74 Å². The van der Waals surface area contributed by atoms with Crippen molar-refractivity contribution in [3.63, 3.8) is 0 Å². The van der Waals surface area contributed by atoms with Crippen molar-refractivity contribution in [2.75, 3.05) is 7.11 Å².